The molecule has 0 unspecified atom stereocenters. The molecule has 0 bridgehead atoms. The Bertz CT molecular complexity index is 730. The zero-order valence-corrected chi connectivity index (χ0v) is 12.5. The first-order chi connectivity index (χ1) is 11.2. The van der Waals surface area contributed by atoms with Crippen LogP contribution in [0.25, 0.3) is 0 Å². The number of nitrogens with two attached hydrogens (primary N) is 2. The Kier molecular flexibility index (Phi) is 4.99. The SMILES string of the molecule is NCc1cc(N(Cc2ccc(C(F)(F)F)cc2)C(=O)O)ccc1N. The van der Waals surface area contributed by atoms with E-state index < -0.39 is 17.8 Å². The number of halogens is 3. The minimum absolute atomic E-state index is 0.0958. The molecule has 0 aliphatic rings. The van der Waals surface area contributed by atoms with Gasteiger partial charge in [0, 0.05) is 17.9 Å². The Balaban J connectivity index is 2.28. The number of hydrogen-bond donors (Lipinski definition) is 3. The molecule has 0 aliphatic carbocycles. The van der Waals surface area contributed by atoms with Gasteiger partial charge in [-0.3, -0.25) is 4.90 Å². The first-order valence-electron chi connectivity index (χ1n) is 6.97. The van der Waals surface area contributed by atoms with E-state index in [2.05, 4.69) is 0 Å². The molecule has 8 heteroatoms. The zero-order chi connectivity index (χ0) is 17.9. The average Bonchev–Trinajstić information content (AvgIpc) is 2.52. The number of rotatable bonds is 4. The Labute approximate surface area is 136 Å². The van der Waals surface area contributed by atoms with Crippen molar-refractivity contribution in [3.63, 3.8) is 0 Å². The fourth-order valence-corrected chi connectivity index (χ4v) is 2.19. The van der Waals surface area contributed by atoms with Crippen molar-refractivity contribution in [2.75, 3.05) is 10.6 Å². The van der Waals surface area contributed by atoms with Crippen molar-refractivity contribution in [2.24, 2.45) is 5.73 Å². The summed E-state index contributed by atoms with van der Waals surface area (Å²) in [6.07, 6.45) is -5.67. The fourth-order valence-electron chi connectivity index (χ4n) is 2.19. The Morgan fingerprint density at radius 1 is 1.12 bits per heavy atom. The van der Waals surface area contributed by atoms with Crippen LogP contribution in [0.1, 0.15) is 16.7 Å². The van der Waals surface area contributed by atoms with Crippen LogP contribution in [-0.2, 0) is 19.3 Å². The quantitative estimate of drug-likeness (QED) is 0.744. The first kappa shape index (κ1) is 17.6. The van der Waals surface area contributed by atoms with Crippen molar-refractivity contribution in [2.45, 2.75) is 19.3 Å². The number of carboxylic acid groups (broad SMARTS) is 1. The van der Waals surface area contributed by atoms with Crippen molar-refractivity contribution in [3.05, 3.63) is 59.2 Å². The maximum atomic E-state index is 12.6. The Hall–Kier alpha value is -2.74. The highest BCUT2D eigenvalue weighted by atomic mass is 19.4. The summed E-state index contributed by atoms with van der Waals surface area (Å²) in [5.74, 6) is 0. The van der Waals surface area contributed by atoms with Crippen LogP contribution in [0.15, 0.2) is 42.5 Å². The molecule has 0 radical (unpaired) electrons. The van der Waals surface area contributed by atoms with Gasteiger partial charge in [-0.2, -0.15) is 13.2 Å². The molecular formula is C16H16F3N3O2. The van der Waals surface area contributed by atoms with Crippen LogP contribution < -0.4 is 16.4 Å². The van der Waals surface area contributed by atoms with Gasteiger partial charge in [-0.05, 0) is 41.5 Å². The minimum Gasteiger partial charge on any atom is -0.465 e. The standard InChI is InChI=1S/C16H16F3N3O2/c17-16(18,19)12-3-1-10(2-4-12)9-22(15(23)24)13-5-6-14(21)11(7-13)8-20/h1-7H,8-9,20-21H2,(H,23,24). The van der Waals surface area contributed by atoms with Crippen molar-refractivity contribution < 1.29 is 23.1 Å². The fraction of sp³-hybridized carbons (Fsp3) is 0.188. The molecule has 5 N–H and O–H groups in total. The zero-order valence-electron chi connectivity index (χ0n) is 12.5. The van der Waals surface area contributed by atoms with Gasteiger partial charge in [-0.25, -0.2) is 4.79 Å². The van der Waals surface area contributed by atoms with E-state index in [1.54, 1.807) is 12.1 Å². The van der Waals surface area contributed by atoms with Gasteiger partial charge in [-0.1, -0.05) is 12.1 Å². The predicted molar refractivity (Wildman–Crippen MR) is 84.4 cm³/mol. The lowest BCUT2D eigenvalue weighted by atomic mass is 10.1. The summed E-state index contributed by atoms with van der Waals surface area (Å²) in [5, 5.41) is 9.39. The van der Waals surface area contributed by atoms with Crippen LogP contribution >= 0.6 is 0 Å². The molecule has 0 aromatic heterocycles. The van der Waals surface area contributed by atoms with Crippen molar-refractivity contribution in [1.82, 2.24) is 0 Å². The third-order valence-electron chi connectivity index (χ3n) is 3.51. The molecule has 1 amide bonds. The van der Waals surface area contributed by atoms with E-state index in [4.69, 9.17) is 11.5 Å². The molecule has 2 rings (SSSR count). The van der Waals surface area contributed by atoms with E-state index in [1.807, 2.05) is 0 Å². The van der Waals surface area contributed by atoms with Gasteiger partial charge >= 0.3 is 12.3 Å². The number of hydrogen-bond acceptors (Lipinski definition) is 3. The van der Waals surface area contributed by atoms with Gasteiger partial charge in [0.15, 0.2) is 0 Å². The monoisotopic (exact) mass is 339 g/mol. The summed E-state index contributed by atoms with van der Waals surface area (Å²) in [4.78, 5) is 12.5. The van der Waals surface area contributed by atoms with Crippen LogP contribution in [0, 0.1) is 0 Å². The normalized spacial score (nSPS) is 11.3. The average molecular weight is 339 g/mol. The van der Waals surface area contributed by atoms with E-state index in [0.29, 0.717) is 22.5 Å². The highest BCUT2D eigenvalue weighted by Crippen LogP contribution is 2.29. The Morgan fingerprint density at radius 3 is 2.25 bits per heavy atom. The molecule has 5 nitrogen and oxygen atoms in total. The predicted octanol–water partition coefficient (Wildman–Crippen LogP) is 3.43. The van der Waals surface area contributed by atoms with Gasteiger partial charge in [0.25, 0.3) is 0 Å². The van der Waals surface area contributed by atoms with Crippen molar-refractivity contribution in [3.8, 4) is 0 Å². The smallest absolute Gasteiger partial charge is 0.416 e. The van der Waals surface area contributed by atoms with Gasteiger partial charge < -0.3 is 16.6 Å². The molecule has 0 saturated carbocycles. The van der Waals surface area contributed by atoms with Crippen molar-refractivity contribution >= 4 is 17.5 Å². The second-order valence-corrected chi connectivity index (χ2v) is 5.15. The van der Waals surface area contributed by atoms with Crippen LogP contribution in [0.2, 0.25) is 0 Å². The molecule has 0 aliphatic heterocycles. The molecule has 2 aromatic carbocycles. The van der Waals surface area contributed by atoms with E-state index in [1.165, 1.54) is 18.2 Å². The number of anilines is 2. The lowest BCUT2D eigenvalue weighted by Gasteiger charge is -2.21. The van der Waals surface area contributed by atoms with E-state index in [9.17, 15) is 23.1 Å². The van der Waals surface area contributed by atoms with Crippen LogP contribution in [0.3, 0.4) is 0 Å². The van der Waals surface area contributed by atoms with E-state index in [0.717, 1.165) is 17.0 Å². The molecule has 0 atom stereocenters. The van der Waals surface area contributed by atoms with Gasteiger partial charge in [0.2, 0.25) is 0 Å². The Morgan fingerprint density at radius 2 is 1.75 bits per heavy atom. The highest BCUT2D eigenvalue weighted by molar-refractivity contribution is 5.86. The second-order valence-electron chi connectivity index (χ2n) is 5.15. The van der Waals surface area contributed by atoms with E-state index in [-0.39, 0.29) is 13.1 Å². The van der Waals surface area contributed by atoms with Gasteiger partial charge in [0.1, 0.15) is 0 Å². The topological polar surface area (TPSA) is 92.6 Å². The van der Waals surface area contributed by atoms with Crippen LogP contribution in [0.5, 0.6) is 0 Å². The molecule has 2 aromatic rings. The summed E-state index contributed by atoms with van der Waals surface area (Å²) >= 11 is 0. The third-order valence-corrected chi connectivity index (χ3v) is 3.51. The lowest BCUT2D eigenvalue weighted by molar-refractivity contribution is -0.137. The first-order valence-corrected chi connectivity index (χ1v) is 6.97. The summed E-state index contributed by atoms with van der Waals surface area (Å²) in [6.45, 7) is 0.0504. The largest absolute Gasteiger partial charge is 0.465 e. The van der Waals surface area contributed by atoms with Gasteiger partial charge in [0.05, 0.1) is 12.1 Å². The van der Waals surface area contributed by atoms with E-state index >= 15 is 0 Å². The summed E-state index contributed by atoms with van der Waals surface area (Å²) < 4.78 is 37.7. The molecule has 128 valence electrons. The summed E-state index contributed by atoms with van der Waals surface area (Å²) in [5.41, 5.74) is 12.3. The lowest BCUT2D eigenvalue weighted by Crippen LogP contribution is -2.28. The number of alkyl halides is 3. The van der Waals surface area contributed by atoms with Crippen LogP contribution in [0.4, 0.5) is 29.3 Å². The van der Waals surface area contributed by atoms with Crippen LogP contribution in [-0.4, -0.2) is 11.2 Å². The number of nitrogen functional groups attached to an aromatic ring is 1. The molecule has 0 fully saturated rings. The highest BCUT2D eigenvalue weighted by Gasteiger charge is 2.30. The third kappa shape index (κ3) is 3.96. The molecular weight excluding hydrogens is 323 g/mol. The van der Waals surface area contributed by atoms with Crippen molar-refractivity contribution in [1.29, 1.82) is 0 Å². The maximum Gasteiger partial charge on any atom is 0.416 e. The maximum absolute atomic E-state index is 12.6. The number of nitrogens with zero attached hydrogens (tertiary/aromatic N) is 1. The molecule has 0 heterocycles. The molecule has 0 spiro atoms. The number of carbonyl (C=O) groups is 1. The van der Waals surface area contributed by atoms with Gasteiger partial charge in [-0.15, -0.1) is 0 Å². The summed E-state index contributed by atoms with van der Waals surface area (Å²) in [7, 11) is 0. The summed E-state index contributed by atoms with van der Waals surface area (Å²) in [6, 6.07) is 8.95. The minimum atomic E-state index is -4.43. The number of amides is 1. The second kappa shape index (κ2) is 6.79. The molecule has 24 heavy (non-hydrogen) atoms. The molecule has 0 saturated heterocycles. The number of benzene rings is 2.